The summed E-state index contributed by atoms with van der Waals surface area (Å²) < 4.78 is 16.1. The molecule has 1 aromatic carbocycles. The molecule has 0 aliphatic carbocycles. The number of rotatable bonds is 2. The van der Waals surface area contributed by atoms with E-state index in [0.717, 1.165) is 17.1 Å². The second-order valence-corrected chi connectivity index (χ2v) is 8.92. The lowest BCUT2D eigenvalue weighted by Crippen LogP contribution is -2.49. The Bertz CT molecular complexity index is 1090. The van der Waals surface area contributed by atoms with Crippen LogP contribution >= 0.6 is 0 Å². The van der Waals surface area contributed by atoms with Gasteiger partial charge in [-0.05, 0) is 52.0 Å². The van der Waals surface area contributed by atoms with Crippen LogP contribution < -0.4 is 9.47 Å². The Hall–Kier alpha value is -3.22. The SMILES string of the molecule is CC1Oc2ccccc2OC1C(=O)N1Cc2nn(C(C)(C)C)c(-n3cccc3)c2C1. The van der Waals surface area contributed by atoms with Crippen molar-refractivity contribution >= 4 is 5.91 Å². The smallest absolute Gasteiger partial charge is 0.268 e. The van der Waals surface area contributed by atoms with Crippen LogP contribution in [-0.4, -0.2) is 37.4 Å². The zero-order valence-electron chi connectivity index (χ0n) is 17.7. The van der Waals surface area contributed by atoms with Crippen LogP contribution in [0.5, 0.6) is 11.5 Å². The Kier molecular flexibility index (Phi) is 4.17. The fourth-order valence-corrected chi connectivity index (χ4v) is 4.14. The van der Waals surface area contributed by atoms with E-state index >= 15 is 0 Å². The normalized spacial score (nSPS) is 20.3. The van der Waals surface area contributed by atoms with Crippen molar-refractivity contribution < 1.29 is 14.3 Å². The summed E-state index contributed by atoms with van der Waals surface area (Å²) in [5.41, 5.74) is 1.85. The van der Waals surface area contributed by atoms with Crippen LogP contribution in [0.3, 0.4) is 0 Å². The van der Waals surface area contributed by atoms with Gasteiger partial charge in [-0.3, -0.25) is 4.79 Å². The van der Waals surface area contributed by atoms with Gasteiger partial charge < -0.3 is 18.9 Å². The predicted molar refractivity (Wildman–Crippen MR) is 112 cm³/mol. The quantitative estimate of drug-likeness (QED) is 0.654. The van der Waals surface area contributed by atoms with Crippen LogP contribution in [-0.2, 0) is 23.4 Å². The Morgan fingerprint density at radius 3 is 2.37 bits per heavy atom. The summed E-state index contributed by atoms with van der Waals surface area (Å²) in [5, 5.41) is 4.88. The van der Waals surface area contributed by atoms with E-state index in [1.165, 1.54) is 0 Å². The molecule has 4 heterocycles. The van der Waals surface area contributed by atoms with Crippen molar-refractivity contribution in [3.8, 4) is 17.3 Å². The van der Waals surface area contributed by atoms with Crippen LogP contribution in [0.2, 0.25) is 0 Å². The molecule has 0 saturated heterocycles. The number of hydrogen-bond donors (Lipinski definition) is 0. The summed E-state index contributed by atoms with van der Waals surface area (Å²) in [7, 11) is 0. The molecule has 0 saturated carbocycles. The monoisotopic (exact) mass is 406 g/mol. The van der Waals surface area contributed by atoms with Gasteiger partial charge in [0.05, 0.1) is 24.3 Å². The van der Waals surface area contributed by atoms with Gasteiger partial charge >= 0.3 is 0 Å². The van der Waals surface area contributed by atoms with E-state index in [4.69, 9.17) is 14.6 Å². The number of ether oxygens (including phenoxy) is 2. The first-order valence-electron chi connectivity index (χ1n) is 10.3. The molecule has 5 rings (SSSR count). The van der Waals surface area contributed by atoms with E-state index < -0.39 is 6.10 Å². The average Bonchev–Trinajstić information content (AvgIpc) is 3.41. The molecule has 30 heavy (non-hydrogen) atoms. The van der Waals surface area contributed by atoms with Gasteiger partial charge in [0.25, 0.3) is 5.91 Å². The first-order chi connectivity index (χ1) is 14.3. The highest BCUT2D eigenvalue weighted by molar-refractivity contribution is 5.83. The summed E-state index contributed by atoms with van der Waals surface area (Å²) in [6.07, 6.45) is 3.00. The van der Waals surface area contributed by atoms with Crippen molar-refractivity contribution in [2.75, 3.05) is 0 Å². The molecule has 3 aromatic rings. The van der Waals surface area contributed by atoms with Crippen LogP contribution in [0.25, 0.3) is 5.82 Å². The topological polar surface area (TPSA) is 61.5 Å². The second kappa shape index (κ2) is 6.65. The van der Waals surface area contributed by atoms with E-state index in [2.05, 4.69) is 30.0 Å². The van der Waals surface area contributed by atoms with E-state index in [1.54, 1.807) is 0 Å². The molecule has 0 radical (unpaired) electrons. The number of carbonyl (C=O) groups is 1. The maximum Gasteiger partial charge on any atom is 0.268 e. The summed E-state index contributed by atoms with van der Waals surface area (Å²) >= 11 is 0. The maximum absolute atomic E-state index is 13.3. The number of carbonyl (C=O) groups excluding carboxylic acids is 1. The molecule has 0 spiro atoms. The van der Waals surface area contributed by atoms with Gasteiger partial charge in [0.1, 0.15) is 11.9 Å². The summed E-state index contributed by atoms with van der Waals surface area (Å²) in [4.78, 5) is 15.2. The number of hydrogen-bond acceptors (Lipinski definition) is 4. The van der Waals surface area contributed by atoms with E-state index in [1.807, 2.05) is 60.6 Å². The first-order valence-corrected chi connectivity index (χ1v) is 10.3. The van der Waals surface area contributed by atoms with Crippen LogP contribution in [0.1, 0.15) is 39.0 Å². The highest BCUT2D eigenvalue weighted by Gasteiger charge is 2.41. The lowest BCUT2D eigenvalue weighted by molar-refractivity contribution is -0.145. The third-order valence-corrected chi connectivity index (χ3v) is 5.61. The van der Waals surface area contributed by atoms with Crippen LogP contribution in [0, 0.1) is 0 Å². The standard InChI is InChI=1S/C23H26N4O3/c1-15-20(30-19-10-6-5-9-18(19)29-15)22(28)26-13-16-17(14-26)24-27(23(2,3)4)21(16)25-11-7-8-12-25/h5-12,15,20H,13-14H2,1-4H3. The van der Waals surface area contributed by atoms with Crippen molar-refractivity contribution in [3.63, 3.8) is 0 Å². The minimum Gasteiger partial charge on any atom is -0.482 e. The zero-order valence-corrected chi connectivity index (χ0v) is 17.7. The molecule has 7 nitrogen and oxygen atoms in total. The second-order valence-electron chi connectivity index (χ2n) is 8.92. The van der Waals surface area contributed by atoms with Gasteiger partial charge in [-0.25, -0.2) is 4.68 Å². The Morgan fingerprint density at radius 1 is 1.03 bits per heavy atom. The van der Waals surface area contributed by atoms with Crippen molar-refractivity contribution in [1.82, 2.24) is 19.2 Å². The summed E-state index contributed by atoms with van der Waals surface area (Å²) in [6.45, 7) is 9.26. The van der Waals surface area contributed by atoms with Gasteiger partial charge in [0.15, 0.2) is 11.5 Å². The minimum absolute atomic E-state index is 0.0734. The molecular weight excluding hydrogens is 380 g/mol. The van der Waals surface area contributed by atoms with Crippen LogP contribution in [0.15, 0.2) is 48.8 Å². The van der Waals surface area contributed by atoms with E-state index in [-0.39, 0.29) is 17.6 Å². The van der Waals surface area contributed by atoms with Crippen molar-refractivity contribution in [3.05, 3.63) is 60.0 Å². The predicted octanol–water partition coefficient (Wildman–Crippen LogP) is 3.50. The van der Waals surface area contributed by atoms with Gasteiger partial charge in [-0.1, -0.05) is 12.1 Å². The van der Waals surface area contributed by atoms with Crippen LogP contribution in [0.4, 0.5) is 0 Å². The molecule has 1 amide bonds. The van der Waals surface area contributed by atoms with Gasteiger partial charge in [-0.15, -0.1) is 0 Å². The highest BCUT2D eigenvalue weighted by Crippen LogP contribution is 2.36. The lowest BCUT2D eigenvalue weighted by atomic mass is 10.1. The molecular formula is C23H26N4O3. The lowest BCUT2D eigenvalue weighted by Gasteiger charge is -2.33. The number of nitrogens with zero attached hydrogens (tertiary/aromatic N) is 4. The van der Waals surface area contributed by atoms with Gasteiger partial charge in [0.2, 0.25) is 6.10 Å². The fraction of sp³-hybridized carbons (Fsp3) is 0.391. The number of amides is 1. The molecule has 2 aliphatic rings. The Balaban J connectivity index is 1.43. The van der Waals surface area contributed by atoms with E-state index in [0.29, 0.717) is 24.6 Å². The molecule has 2 aromatic heterocycles. The van der Waals surface area contributed by atoms with E-state index in [9.17, 15) is 4.79 Å². The molecule has 2 atom stereocenters. The fourth-order valence-electron chi connectivity index (χ4n) is 4.14. The summed E-state index contributed by atoms with van der Waals surface area (Å²) in [6, 6.07) is 11.5. The van der Waals surface area contributed by atoms with Crippen molar-refractivity contribution in [2.24, 2.45) is 0 Å². The summed E-state index contributed by atoms with van der Waals surface area (Å²) in [5.74, 6) is 2.22. The van der Waals surface area contributed by atoms with Gasteiger partial charge in [-0.2, -0.15) is 5.10 Å². The third kappa shape index (κ3) is 2.96. The molecule has 0 bridgehead atoms. The molecule has 0 N–H and O–H groups in total. The number of aromatic nitrogens is 3. The third-order valence-electron chi connectivity index (χ3n) is 5.61. The molecule has 7 heteroatoms. The minimum atomic E-state index is -0.673. The molecule has 2 aliphatic heterocycles. The Labute approximate surface area is 175 Å². The first kappa shape index (κ1) is 18.8. The van der Waals surface area contributed by atoms with Crippen molar-refractivity contribution in [2.45, 2.75) is 58.5 Å². The molecule has 2 unspecified atom stereocenters. The Morgan fingerprint density at radius 2 is 1.70 bits per heavy atom. The average molecular weight is 406 g/mol. The van der Waals surface area contributed by atoms with Gasteiger partial charge in [0, 0.05) is 18.0 Å². The maximum atomic E-state index is 13.3. The zero-order chi connectivity index (χ0) is 21.0. The highest BCUT2D eigenvalue weighted by atomic mass is 16.6. The number of para-hydroxylation sites is 2. The largest absolute Gasteiger partial charge is 0.482 e. The molecule has 156 valence electrons. The number of benzene rings is 1. The number of fused-ring (bicyclic) bond motifs is 2. The molecule has 0 fully saturated rings. The van der Waals surface area contributed by atoms with Crippen molar-refractivity contribution in [1.29, 1.82) is 0 Å².